The Labute approximate surface area is 125 Å². The SMILES string of the molecule is COC(=O)c1ccccc1N(C)c1ccnc(C(F)(F)F)c1. The molecule has 0 aliphatic heterocycles. The molecule has 0 atom stereocenters. The Balaban J connectivity index is 2.45. The lowest BCUT2D eigenvalue weighted by atomic mass is 10.1. The molecule has 1 heterocycles. The Bertz CT molecular complexity index is 686. The highest BCUT2D eigenvalue weighted by Crippen LogP contribution is 2.32. The van der Waals surface area contributed by atoms with Crippen LogP contribution in [0.25, 0.3) is 0 Å². The van der Waals surface area contributed by atoms with Crippen LogP contribution in [0.15, 0.2) is 42.6 Å². The molecular weight excluding hydrogens is 297 g/mol. The Morgan fingerprint density at radius 1 is 1.23 bits per heavy atom. The smallest absolute Gasteiger partial charge is 0.433 e. The van der Waals surface area contributed by atoms with Crippen LogP contribution in [0, 0.1) is 0 Å². The summed E-state index contributed by atoms with van der Waals surface area (Å²) in [6, 6.07) is 8.86. The molecule has 0 spiro atoms. The quantitative estimate of drug-likeness (QED) is 0.812. The van der Waals surface area contributed by atoms with Crippen LogP contribution in [0.2, 0.25) is 0 Å². The summed E-state index contributed by atoms with van der Waals surface area (Å²) in [5, 5.41) is 0. The van der Waals surface area contributed by atoms with E-state index in [2.05, 4.69) is 9.72 Å². The zero-order chi connectivity index (χ0) is 16.3. The second kappa shape index (κ2) is 6.05. The number of halogens is 3. The monoisotopic (exact) mass is 310 g/mol. The van der Waals surface area contributed by atoms with Crippen LogP contribution in [-0.4, -0.2) is 25.1 Å². The molecular formula is C15H13F3N2O2. The number of ether oxygens (including phenoxy) is 1. The number of benzene rings is 1. The molecule has 1 aromatic carbocycles. The van der Waals surface area contributed by atoms with Crippen molar-refractivity contribution in [1.82, 2.24) is 4.98 Å². The van der Waals surface area contributed by atoms with E-state index in [9.17, 15) is 18.0 Å². The maximum absolute atomic E-state index is 12.7. The molecule has 0 N–H and O–H groups in total. The van der Waals surface area contributed by atoms with Gasteiger partial charge < -0.3 is 9.64 Å². The van der Waals surface area contributed by atoms with Crippen molar-refractivity contribution in [2.45, 2.75) is 6.18 Å². The van der Waals surface area contributed by atoms with Gasteiger partial charge in [-0.2, -0.15) is 13.2 Å². The van der Waals surface area contributed by atoms with Crippen LogP contribution >= 0.6 is 0 Å². The molecule has 0 bridgehead atoms. The summed E-state index contributed by atoms with van der Waals surface area (Å²) in [4.78, 5) is 16.5. The highest BCUT2D eigenvalue weighted by Gasteiger charge is 2.32. The zero-order valence-corrected chi connectivity index (χ0v) is 11.9. The molecule has 0 unspecified atom stereocenters. The fourth-order valence-corrected chi connectivity index (χ4v) is 1.97. The molecule has 1 aromatic heterocycles. The van der Waals surface area contributed by atoms with Gasteiger partial charge >= 0.3 is 12.1 Å². The van der Waals surface area contributed by atoms with Crippen LogP contribution in [0.4, 0.5) is 24.5 Å². The van der Waals surface area contributed by atoms with Crippen molar-refractivity contribution >= 4 is 17.3 Å². The molecule has 0 amide bonds. The van der Waals surface area contributed by atoms with Gasteiger partial charge in [0.25, 0.3) is 0 Å². The summed E-state index contributed by atoms with van der Waals surface area (Å²) in [5.41, 5.74) is -0.0300. The average Bonchev–Trinajstić information content (AvgIpc) is 2.52. The van der Waals surface area contributed by atoms with E-state index in [1.807, 2.05) is 0 Å². The van der Waals surface area contributed by atoms with Crippen molar-refractivity contribution in [1.29, 1.82) is 0 Å². The van der Waals surface area contributed by atoms with Crippen LogP contribution in [0.3, 0.4) is 0 Å². The summed E-state index contributed by atoms with van der Waals surface area (Å²) in [6.07, 6.45) is -3.45. The van der Waals surface area contributed by atoms with Gasteiger partial charge in [0.2, 0.25) is 0 Å². The second-order valence-electron chi connectivity index (χ2n) is 4.46. The highest BCUT2D eigenvalue weighted by molar-refractivity contribution is 5.96. The van der Waals surface area contributed by atoms with E-state index >= 15 is 0 Å². The first-order chi connectivity index (χ1) is 10.3. The lowest BCUT2D eigenvalue weighted by molar-refractivity contribution is -0.141. The molecule has 0 radical (unpaired) electrons. The van der Waals surface area contributed by atoms with Crippen molar-refractivity contribution < 1.29 is 22.7 Å². The molecule has 0 saturated heterocycles. The van der Waals surface area contributed by atoms with Gasteiger partial charge in [0, 0.05) is 18.9 Å². The number of hydrogen-bond acceptors (Lipinski definition) is 4. The van der Waals surface area contributed by atoms with Crippen molar-refractivity contribution in [2.75, 3.05) is 19.1 Å². The standard InChI is InChI=1S/C15H13F3N2O2/c1-20(10-7-8-19-13(9-10)15(16,17)18)12-6-4-3-5-11(12)14(21)22-2/h3-9H,1-2H3. The zero-order valence-electron chi connectivity index (χ0n) is 11.9. The normalized spacial score (nSPS) is 11.1. The van der Waals surface area contributed by atoms with E-state index < -0.39 is 17.8 Å². The molecule has 0 aliphatic carbocycles. The fourth-order valence-electron chi connectivity index (χ4n) is 1.97. The van der Waals surface area contributed by atoms with E-state index in [0.717, 1.165) is 12.3 Å². The maximum Gasteiger partial charge on any atom is 0.433 e. The minimum absolute atomic E-state index is 0.262. The highest BCUT2D eigenvalue weighted by atomic mass is 19.4. The van der Waals surface area contributed by atoms with E-state index in [1.165, 1.54) is 18.1 Å². The number of para-hydroxylation sites is 1. The van der Waals surface area contributed by atoms with Gasteiger partial charge in [-0.25, -0.2) is 4.79 Å². The van der Waals surface area contributed by atoms with Gasteiger partial charge in [0.1, 0.15) is 5.69 Å². The summed E-state index contributed by atoms with van der Waals surface area (Å²) in [6.45, 7) is 0. The van der Waals surface area contributed by atoms with Gasteiger partial charge in [0.05, 0.1) is 18.4 Å². The van der Waals surface area contributed by atoms with Gasteiger partial charge in [-0.3, -0.25) is 4.98 Å². The predicted molar refractivity (Wildman–Crippen MR) is 75.1 cm³/mol. The number of esters is 1. The van der Waals surface area contributed by atoms with Crippen LogP contribution < -0.4 is 4.90 Å². The summed E-state index contributed by atoms with van der Waals surface area (Å²) in [5.74, 6) is -0.562. The predicted octanol–water partition coefficient (Wildman–Crippen LogP) is 3.65. The number of methoxy groups -OCH3 is 1. The minimum atomic E-state index is -4.53. The number of anilines is 2. The third kappa shape index (κ3) is 3.19. The van der Waals surface area contributed by atoms with Crippen molar-refractivity contribution in [3.05, 3.63) is 53.9 Å². The number of rotatable bonds is 3. The number of alkyl halides is 3. The number of hydrogen-bond donors (Lipinski definition) is 0. The van der Waals surface area contributed by atoms with Gasteiger partial charge in [-0.1, -0.05) is 12.1 Å². The van der Waals surface area contributed by atoms with Gasteiger partial charge in [-0.05, 0) is 24.3 Å². The maximum atomic E-state index is 12.7. The number of aromatic nitrogens is 1. The molecule has 116 valence electrons. The molecule has 2 aromatic rings. The van der Waals surface area contributed by atoms with Crippen molar-refractivity contribution in [3.63, 3.8) is 0 Å². The molecule has 0 aliphatic rings. The number of pyridine rings is 1. The Morgan fingerprint density at radius 3 is 2.55 bits per heavy atom. The lowest BCUT2D eigenvalue weighted by Gasteiger charge is -2.22. The third-order valence-electron chi connectivity index (χ3n) is 3.09. The number of nitrogens with zero attached hydrogens (tertiary/aromatic N) is 2. The first-order valence-electron chi connectivity index (χ1n) is 6.29. The van der Waals surface area contributed by atoms with Crippen LogP contribution in [0.5, 0.6) is 0 Å². The molecule has 0 fully saturated rings. The van der Waals surface area contributed by atoms with Crippen molar-refractivity contribution in [2.24, 2.45) is 0 Å². The number of carbonyl (C=O) groups is 1. The second-order valence-corrected chi connectivity index (χ2v) is 4.46. The summed E-state index contributed by atoms with van der Waals surface area (Å²) < 4.78 is 42.9. The van der Waals surface area contributed by atoms with E-state index in [-0.39, 0.29) is 11.3 Å². The lowest BCUT2D eigenvalue weighted by Crippen LogP contribution is -2.16. The average molecular weight is 310 g/mol. The van der Waals surface area contributed by atoms with E-state index in [4.69, 9.17) is 0 Å². The minimum Gasteiger partial charge on any atom is -0.465 e. The summed E-state index contributed by atoms with van der Waals surface area (Å²) >= 11 is 0. The molecule has 7 heteroatoms. The first kappa shape index (κ1) is 15.8. The van der Waals surface area contributed by atoms with Crippen LogP contribution in [0.1, 0.15) is 16.1 Å². The number of carbonyl (C=O) groups excluding carboxylic acids is 1. The Morgan fingerprint density at radius 2 is 1.91 bits per heavy atom. The van der Waals surface area contributed by atoms with E-state index in [0.29, 0.717) is 5.69 Å². The largest absolute Gasteiger partial charge is 0.465 e. The summed E-state index contributed by atoms with van der Waals surface area (Å²) in [7, 11) is 2.81. The topological polar surface area (TPSA) is 42.4 Å². The Hall–Kier alpha value is -2.57. The molecule has 2 rings (SSSR count). The molecule has 22 heavy (non-hydrogen) atoms. The van der Waals surface area contributed by atoms with Gasteiger partial charge in [0.15, 0.2) is 0 Å². The molecule has 4 nitrogen and oxygen atoms in total. The van der Waals surface area contributed by atoms with Gasteiger partial charge in [-0.15, -0.1) is 0 Å². The molecule has 0 saturated carbocycles. The van der Waals surface area contributed by atoms with Crippen molar-refractivity contribution in [3.8, 4) is 0 Å². The van der Waals surface area contributed by atoms with E-state index in [1.54, 1.807) is 31.3 Å². The fraction of sp³-hybridized carbons (Fsp3) is 0.200. The van der Waals surface area contributed by atoms with Crippen LogP contribution in [-0.2, 0) is 10.9 Å². The Kier molecular flexibility index (Phi) is 4.35. The first-order valence-corrected chi connectivity index (χ1v) is 6.29. The third-order valence-corrected chi connectivity index (χ3v) is 3.09.